The van der Waals surface area contributed by atoms with E-state index in [1.54, 1.807) is 12.1 Å². The zero-order valence-electron chi connectivity index (χ0n) is 19.2. The second-order valence-electron chi connectivity index (χ2n) is 8.66. The third kappa shape index (κ3) is 5.27. The van der Waals surface area contributed by atoms with E-state index in [9.17, 15) is 4.39 Å². The lowest BCUT2D eigenvalue weighted by Gasteiger charge is -2.31. The highest BCUT2D eigenvalue weighted by Crippen LogP contribution is 2.32. The number of nitrogens with zero attached hydrogens (tertiary/aromatic N) is 1. The number of halogens is 1. The SMILES string of the molecule is Fc1cccc(-c2ccccc2C/C(=C2\CN(Cc3ccccc3)CCO2)c2ccccc2)c1. The molecule has 0 spiro atoms. The Morgan fingerprint density at radius 2 is 1.53 bits per heavy atom. The van der Waals surface area contributed by atoms with Crippen LogP contribution in [0, 0.1) is 5.82 Å². The van der Waals surface area contributed by atoms with Crippen LogP contribution in [0.2, 0.25) is 0 Å². The maximum absolute atomic E-state index is 14.0. The Labute approximate surface area is 201 Å². The first kappa shape index (κ1) is 22.1. The van der Waals surface area contributed by atoms with Crippen LogP contribution < -0.4 is 0 Å². The quantitative estimate of drug-likeness (QED) is 0.315. The van der Waals surface area contributed by atoms with Gasteiger partial charge in [-0.25, -0.2) is 4.39 Å². The molecule has 0 N–H and O–H groups in total. The Morgan fingerprint density at radius 1 is 0.794 bits per heavy atom. The molecule has 0 atom stereocenters. The molecule has 5 rings (SSSR count). The molecule has 0 aromatic heterocycles. The van der Waals surface area contributed by atoms with Crippen LogP contribution in [-0.2, 0) is 17.7 Å². The van der Waals surface area contributed by atoms with Crippen LogP contribution in [0.1, 0.15) is 16.7 Å². The first-order valence-electron chi connectivity index (χ1n) is 11.8. The Hall–Kier alpha value is -3.69. The summed E-state index contributed by atoms with van der Waals surface area (Å²) in [7, 11) is 0. The molecule has 0 saturated carbocycles. The monoisotopic (exact) mass is 449 g/mol. The predicted molar refractivity (Wildman–Crippen MR) is 137 cm³/mol. The number of hydrogen-bond donors (Lipinski definition) is 0. The van der Waals surface area contributed by atoms with Gasteiger partial charge in [-0.15, -0.1) is 0 Å². The highest BCUT2D eigenvalue weighted by atomic mass is 19.1. The van der Waals surface area contributed by atoms with Gasteiger partial charge in [0.25, 0.3) is 0 Å². The minimum atomic E-state index is -0.221. The van der Waals surface area contributed by atoms with Gasteiger partial charge in [0, 0.05) is 25.1 Å². The molecule has 0 amide bonds. The number of rotatable bonds is 6. The minimum Gasteiger partial charge on any atom is -0.495 e. The van der Waals surface area contributed by atoms with Crippen molar-refractivity contribution in [2.75, 3.05) is 19.7 Å². The summed E-state index contributed by atoms with van der Waals surface area (Å²) in [4.78, 5) is 2.44. The van der Waals surface area contributed by atoms with Crippen LogP contribution in [0.4, 0.5) is 4.39 Å². The summed E-state index contributed by atoms with van der Waals surface area (Å²) < 4.78 is 20.3. The minimum absolute atomic E-state index is 0.221. The average Bonchev–Trinajstić information content (AvgIpc) is 2.89. The first-order chi connectivity index (χ1) is 16.8. The van der Waals surface area contributed by atoms with Crippen LogP contribution >= 0.6 is 0 Å². The van der Waals surface area contributed by atoms with Gasteiger partial charge in [0.15, 0.2) is 0 Å². The molecule has 1 aliphatic heterocycles. The van der Waals surface area contributed by atoms with Gasteiger partial charge in [0.1, 0.15) is 18.2 Å². The predicted octanol–water partition coefficient (Wildman–Crippen LogP) is 6.98. The third-order valence-electron chi connectivity index (χ3n) is 6.28. The van der Waals surface area contributed by atoms with Crippen molar-refractivity contribution >= 4 is 5.57 Å². The van der Waals surface area contributed by atoms with E-state index in [1.165, 1.54) is 17.2 Å². The van der Waals surface area contributed by atoms with Crippen molar-refractivity contribution in [3.63, 3.8) is 0 Å². The molecule has 1 heterocycles. The summed E-state index contributed by atoms with van der Waals surface area (Å²) in [5, 5.41) is 0. The summed E-state index contributed by atoms with van der Waals surface area (Å²) in [6.45, 7) is 3.24. The highest BCUT2D eigenvalue weighted by molar-refractivity contribution is 5.75. The molecule has 1 saturated heterocycles. The third-order valence-corrected chi connectivity index (χ3v) is 6.28. The van der Waals surface area contributed by atoms with Crippen molar-refractivity contribution in [3.8, 4) is 11.1 Å². The van der Waals surface area contributed by atoms with Gasteiger partial charge in [0.05, 0.1) is 6.54 Å². The molecule has 4 aromatic carbocycles. The van der Waals surface area contributed by atoms with E-state index >= 15 is 0 Å². The molecular formula is C31H28FNO. The molecule has 3 heteroatoms. The maximum atomic E-state index is 14.0. The molecule has 2 nitrogen and oxygen atoms in total. The fraction of sp³-hybridized carbons (Fsp3) is 0.161. The molecule has 0 radical (unpaired) electrons. The fourth-order valence-corrected chi connectivity index (χ4v) is 4.59. The zero-order chi connectivity index (χ0) is 23.2. The highest BCUT2D eigenvalue weighted by Gasteiger charge is 2.21. The summed E-state index contributed by atoms with van der Waals surface area (Å²) in [5.74, 6) is 0.795. The molecule has 1 fully saturated rings. The van der Waals surface area contributed by atoms with Crippen molar-refractivity contribution in [2.24, 2.45) is 0 Å². The molecule has 4 aromatic rings. The first-order valence-corrected chi connectivity index (χ1v) is 11.8. The van der Waals surface area contributed by atoms with E-state index < -0.39 is 0 Å². The van der Waals surface area contributed by atoms with E-state index in [4.69, 9.17) is 4.74 Å². The molecule has 0 bridgehead atoms. The van der Waals surface area contributed by atoms with Crippen molar-refractivity contribution in [1.82, 2.24) is 4.90 Å². The normalized spacial score (nSPS) is 15.6. The van der Waals surface area contributed by atoms with Crippen LogP contribution in [0.3, 0.4) is 0 Å². The Morgan fingerprint density at radius 3 is 2.32 bits per heavy atom. The largest absolute Gasteiger partial charge is 0.495 e. The van der Waals surface area contributed by atoms with Gasteiger partial charge in [0.2, 0.25) is 0 Å². The standard InChI is InChI=1S/C31H28FNO/c32-28-16-9-15-26(20-28)29-17-8-7-14-27(29)21-30(25-12-5-2-6-13-25)31-23-33(18-19-34-31)22-24-10-3-1-4-11-24/h1-17,20H,18-19,21-23H2/b31-30-. The van der Waals surface area contributed by atoms with E-state index in [0.29, 0.717) is 13.0 Å². The number of hydrogen-bond acceptors (Lipinski definition) is 2. The smallest absolute Gasteiger partial charge is 0.123 e. The van der Waals surface area contributed by atoms with Crippen molar-refractivity contribution in [3.05, 3.63) is 137 Å². The molecule has 34 heavy (non-hydrogen) atoms. The van der Waals surface area contributed by atoms with Crippen LogP contribution in [-0.4, -0.2) is 24.6 Å². The topological polar surface area (TPSA) is 12.5 Å². The zero-order valence-corrected chi connectivity index (χ0v) is 19.2. The van der Waals surface area contributed by atoms with Gasteiger partial charge in [-0.3, -0.25) is 4.90 Å². The second kappa shape index (κ2) is 10.5. The van der Waals surface area contributed by atoms with E-state index in [2.05, 4.69) is 77.7 Å². The summed E-state index contributed by atoms with van der Waals surface area (Å²) in [5.41, 5.74) is 6.75. The maximum Gasteiger partial charge on any atom is 0.123 e. The lowest BCUT2D eigenvalue weighted by molar-refractivity contribution is 0.0906. The van der Waals surface area contributed by atoms with E-state index in [0.717, 1.165) is 47.6 Å². The summed E-state index contributed by atoms with van der Waals surface area (Å²) in [6.07, 6.45) is 0.714. The van der Waals surface area contributed by atoms with Crippen LogP contribution in [0.25, 0.3) is 16.7 Å². The van der Waals surface area contributed by atoms with Gasteiger partial charge < -0.3 is 4.74 Å². The van der Waals surface area contributed by atoms with Crippen LogP contribution in [0.5, 0.6) is 0 Å². The second-order valence-corrected chi connectivity index (χ2v) is 8.66. The lowest BCUT2D eigenvalue weighted by atomic mass is 9.91. The Balaban J connectivity index is 1.50. The Kier molecular flexibility index (Phi) is 6.83. The van der Waals surface area contributed by atoms with Crippen LogP contribution in [0.15, 0.2) is 115 Å². The van der Waals surface area contributed by atoms with E-state index in [-0.39, 0.29) is 5.82 Å². The van der Waals surface area contributed by atoms with Gasteiger partial charge in [-0.05, 0) is 39.9 Å². The molecule has 170 valence electrons. The average molecular weight is 450 g/mol. The fourth-order valence-electron chi connectivity index (χ4n) is 4.59. The van der Waals surface area contributed by atoms with Crippen molar-refractivity contribution in [1.29, 1.82) is 0 Å². The molecular weight excluding hydrogens is 421 g/mol. The molecule has 0 unspecified atom stereocenters. The van der Waals surface area contributed by atoms with Gasteiger partial charge >= 0.3 is 0 Å². The van der Waals surface area contributed by atoms with Gasteiger partial charge in [-0.2, -0.15) is 0 Å². The van der Waals surface area contributed by atoms with Crippen molar-refractivity contribution in [2.45, 2.75) is 13.0 Å². The number of allylic oxidation sites excluding steroid dienone is 1. The molecule has 1 aliphatic rings. The number of morpholine rings is 1. The van der Waals surface area contributed by atoms with Crippen molar-refractivity contribution < 1.29 is 9.13 Å². The molecule has 0 aliphatic carbocycles. The lowest BCUT2D eigenvalue weighted by Crippen LogP contribution is -2.35. The van der Waals surface area contributed by atoms with E-state index in [1.807, 2.05) is 18.2 Å². The van der Waals surface area contributed by atoms with Gasteiger partial charge in [-0.1, -0.05) is 97.1 Å². The summed E-state index contributed by atoms with van der Waals surface area (Å²) in [6, 6.07) is 36.1. The Bertz CT molecular complexity index is 1270. The number of benzene rings is 4. The summed E-state index contributed by atoms with van der Waals surface area (Å²) >= 11 is 0. The number of ether oxygens (including phenoxy) is 1.